The van der Waals surface area contributed by atoms with E-state index in [1.165, 1.54) is 11.3 Å². The first kappa shape index (κ1) is 11.2. The van der Waals surface area contributed by atoms with Gasteiger partial charge >= 0.3 is 0 Å². The molecule has 2 aromatic rings. The summed E-state index contributed by atoms with van der Waals surface area (Å²) in [6.45, 7) is 0. The molecule has 0 saturated carbocycles. The molecule has 1 aromatic heterocycles. The highest BCUT2D eigenvalue weighted by atomic mass is 35.6. The fourth-order valence-electron chi connectivity index (χ4n) is 1.09. The van der Waals surface area contributed by atoms with Gasteiger partial charge in [0.1, 0.15) is 5.01 Å². The summed E-state index contributed by atoms with van der Waals surface area (Å²) < 4.78 is -1.44. The highest BCUT2D eigenvalue weighted by Crippen LogP contribution is 2.40. The molecule has 0 unspecified atom stereocenters. The van der Waals surface area contributed by atoms with Gasteiger partial charge in [-0.15, -0.1) is 11.3 Å². The first-order chi connectivity index (χ1) is 7.07. The Hall–Kier alpha value is -0.280. The minimum Gasteiger partial charge on any atom is -0.237 e. The molecule has 0 N–H and O–H groups in total. The summed E-state index contributed by atoms with van der Waals surface area (Å²) in [4.78, 5) is 4.26. The molecule has 0 spiro atoms. The van der Waals surface area contributed by atoms with E-state index in [0.29, 0.717) is 5.01 Å². The molecule has 0 fully saturated rings. The van der Waals surface area contributed by atoms with Gasteiger partial charge in [-0.25, -0.2) is 4.98 Å². The van der Waals surface area contributed by atoms with Crippen LogP contribution in [0.15, 0.2) is 29.6 Å². The number of hydrogen-bond donors (Lipinski definition) is 0. The van der Waals surface area contributed by atoms with Crippen molar-refractivity contribution in [1.29, 1.82) is 0 Å². The topological polar surface area (TPSA) is 12.9 Å². The van der Waals surface area contributed by atoms with Gasteiger partial charge in [-0.3, -0.25) is 0 Å². The molecule has 2 rings (SSSR count). The maximum atomic E-state index is 5.73. The monoisotopic (exact) mass is 276 g/mol. The SMILES string of the molecule is ClC(Cl)(Cl)c1nc(-c2cc[c]cc2)cs1. The number of thiazole rings is 1. The quantitative estimate of drug-likeness (QED) is 0.702. The van der Waals surface area contributed by atoms with Gasteiger partial charge < -0.3 is 0 Å². The standard InChI is InChI=1S/C10H5Cl3NS/c11-10(12,13)9-14-8(6-15-9)7-4-2-1-3-5-7/h2-6H. The van der Waals surface area contributed by atoms with Crippen molar-refractivity contribution >= 4 is 46.1 Å². The lowest BCUT2D eigenvalue weighted by molar-refractivity contribution is 1.17. The van der Waals surface area contributed by atoms with Crippen molar-refractivity contribution in [2.75, 3.05) is 0 Å². The molecule has 0 aliphatic heterocycles. The number of rotatable bonds is 1. The Labute approximate surface area is 107 Å². The Morgan fingerprint density at radius 3 is 2.40 bits per heavy atom. The second-order valence-corrected chi connectivity index (χ2v) is 5.96. The number of hydrogen-bond acceptors (Lipinski definition) is 2. The first-order valence-electron chi connectivity index (χ1n) is 4.06. The Morgan fingerprint density at radius 2 is 1.87 bits per heavy atom. The van der Waals surface area contributed by atoms with Gasteiger partial charge in [-0.1, -0.05) is 59.1 Å². The smallest absolute Gasteiger partial charge is 0.237 e. The average Bonchev–Trinajstić information content (AvgIpc) is 2.67. The van der Waals surface area contributed by atoms with Crippen LogP contribution >= 0.6 is 46.1 Å². The molecule has 0 aliphatic carbocycles. The molecule has 15 heavy (non-hydrogen) atoms. The van der Waals surface area contributed by atoms with E-state index in [2.05, 4.69) is 11.1 Å². The fraction of sp³-hybridized carbons (Fsp3) is 0.100. The van der Waals surface area contributed by atoms with Gasteiger partial charge in [0.25, 0.3) is 0 Å². The molecule has 1 nitrogen and oxygen atoms in total. The number of aromatic nitrogens is 1. The van der Waals surface area contributed by atoms with Crippen molar-refractivity contribution in [2.45, 2.75) is 3.79 Å². The lowest BCUT2D eigenvalue weighted by atomic mass is 10.2. The van der Waals surface area contributed by atoms with Crippen LogP contribution in [0.2, 0.25) is 0 Å². The largest absolute Gasteiger partial charge is 0.242 e. The van der Waals surface area contributed by atoms with Gasteiger partial charge in [-0.05, 0) is 6.07 Å². The summed E-state index contributed by atoms with van der Waals surface area (Å²) in [5.41, 5.74) is 1.81. The summed E-state index contributed by atoms with van der Waals surface area (Å²) in [5.74, 6) is 0. The van der Waals surface area contributed by atoms with Crippen molar-refractivity contribution in [3.05, 3.63) is 40.7 Å². The molecular formula is C10H5Cl3NS. The second-order valence-electron chi connectivity index (χ2n) is 2.82. The number of nitrogens with zero attached hydrogens (tertiary/aromatic N) is 1. The Balaban J connectivity index is 2.37. The fourth-order valence-corrected chi connectivity index (χ4v) is 2.32. The van der Waals surface area contributed by atoms with Crippen molar-refractivity contribution < 1.29 is 0 Å². The molecule has 0 bridgehead atoms. The minimum absolute atomic E-state index is 0.482. The predicted octanol–water partition coefficient (Wildman–Crippen LogP) is 4.44. The van der Waals surface area contributed by atoms with E-state index in [4.69, 9.17) is 34.8 Å². The minimum atomic E-state index is -1.44. The zero-order chi connectivity index (χ0) is 10.9. The van der Waals surface area contributed by atoms with Crippen LogP contribution in [-0.2, 0) is 3.79 Å². The van der Waals surface area contributed by atoms with Gasteiger partial charge in [-0.2, -0.15) is 0 Å². The number of benzene rings is 1. The third-order valence-electron chi connectivity index (χ3n) is 1.76. The van der Waals surface area contributed by atoms with E-state index in [1.807, 2.05) is 29.6 Å². The van der Waals surface area contributed by atoms with Crippen LogP contribution in [-0.4, -0.2) is 4.98 Å². The van der Waals surface area contributed by atoms with Crippen LogP contribution < -0.4 is 0 Å². The molecule has 5 heteroatoms. The summed E-state index contributed by atoms with van der Waals surface area (Å²) in [6, 6.07) is 10.4. The third-order valence-corrected chi connectivity index (χ3v) is 3.60. The number of halogens is 3. The van der Waals surface area contributed by atoms with Crippen LogP contribution in [0.5, 0.6) is 0 Å². The maximum Gasteiger partial charge on any atom is 0.242 e. The van der Waals surface area contributed by atoms with E-state index >= 15 is 0 Å². The molecule has 0 aliphatic rings. The molecule has 0 atom stereocenters. The zero-order valence-corrected chi connectivity index (χ0v) is 10.5. The molecule has 0 saturated heterocycles. The third kappa shape index (κ3) is 2.64. The average molecular weight is 278 g/mol. The lowest BCUT2D eigenvalue weighted by Crippen LogP contribution is -1.98. The van der Waals surface area contributed by atoms with E-state index in [-0.39, 0.29) is 0 Å². The molecule has 0 amide bonds. The van der Waals surface area contributed by atoms with Gasteiger partial charge in [0.15, 0.2) is 0 Å². The molecule has 77 valence electrons. The molecule has 1 radical (unpaired) electrons. The second kappa shape index (κ2) is 4.30. The van der Waals surface area contributed by atoms with Gasteiger partial charge in [0.05, 0.1) is 5.69 Å². The lowest BCUT2D eigenvalue weighted by Gasteiger charge is -2.04. The maximum absolute atomic E-state index is 5.73. The van der Waals surface area contributed by atoms with E-state index < -0.39 is 3.79 Å². The zero-order valence-electron chi connectivity index (χ0n) is 7.38. The van der Waals surface area contributed by atoms with Crippen LogP contribution in [0.25, 0.3) is 11.3 Å². The van der Waals surface area contributed by atoms with E-state index in [1.54, 1.807) is 0 Å². The van der Waals surface area contributed by atoms with Gasteiger partial charge in [0.2, 0.25) is 3.79 Å². The Morgan fingerprint density at radius 1 is 1.20 bits per heavy atom. The number of alkyl halides is 3. The van der Waals surface area contributed by atoms with Crippen molar-refractivity contribution in [3.63, 3.8) is 0 Å². The Bertz CT molecular complexity index is 447. The Kier molecular flexibility index (Phi) is 3.21. The van der Waals surface area contributed by atoms with Crippen LogP contribution in [0.1, 0.15) is 5.01 Å². The first-order valence-corrected chi connectivity index (χ1v) is 6.08. The van der Waals surface area contributed by atoms with Crippen molar-refractivity contribution in [3.8, 4) is 11.3 Å². The molecule has 1 aromatic carbocycles. The van der Waals surface area contributed by atoms with E-state index in [9.17, 15) is 0 Å². The van der Waals surface area contributed by atoms with E-state index in [0.717, 1.165) is 11.3 Å². The van der Waals surface area contributed by atoms with Crippen LogP contribution in [0, 0.1) is 6.07 Å². The summed E-state index contributed by atoms with van der Waals surface area (Å²) >= 11 is 18.5. The normalized spacial score (nSPS) is 11.7. The van der Waals surface area contributed by atoms with Gasteiger partial charge in [0, 0.05) is 10.9 Å². The summed E-state index contributed by atoms with van der Waals surface area (Å²) in [5, 5.41) is 2.35. The summed E-state index contributed by atoms with van der Waals surface area (Å²) in [6.07, 6.45) is 0. The van der Waals surface area contributed by atoms with Crippen LogP contribution in [0.4, 0.5) is 0 Å². The highest BCUT2D eigenvalue weighted by molar-refractivity contribution is 7.11. The van der Waals surface area contributed by atoms with Crippen molar-refractivity contribution in [1.82, 2.24) is 4.98 Å². The molecule has 1 heterocycles. The van der Waals surface area contributed by atoms with Crippen molar-refractivity contribution in [2.24, 2.45) is 0 Å². The predicted molar refractivity (Wildman–Crippen MR) is 65.6 cm³/mol. The highest BCUT2D eigenvalue weighted by Gasteiger charge is 2.26. The molecular weight excluding hydrogens is 273 g/mol. The summed E-state index contributed by atoms with van der Waals surface area (Å²) in [7, 11) is 0. The van der Waals surface area contributed by atoms with Crippen LogP contribution in [0.3, 0.4) is 0 Å².